The van der Waals surface area contributed by atoms with Gasteiger partial charge in [-0.05, 0) is 0 Å². The molecule has 0 aliphatic rings. The molecule has 1 radical (unpaired) electrons. The van der Waals surface area contributed by atoms with Crippen LogP contribution in [0.2, 0.25) is 5.21 Å². The molecule has 0 N–H and O–H groups in total. The fraction of sp³-hybridized carbons (Fsp3) is 0.750. The molecule has 31 valence electrons. The maximum absolute atomic E-state index is 3.76. The van der Waals surface area contributed by atoms with Crippen LogP contribution in [0.5, 0.6) is 0 Å². The zero-order valence-electron chi connectivity index (χ0n) is 3.98. The summed E-state index contributed by atoms with van der Waals surface area (Å²) in [4.78, 5) is 0. The van der Waals surface area contributed by atoms with Crippen molar-refractivity contribution >= 4 is 49.5 Å². The van der Waals surface area contributed by atoms with Crippen LogP contribution in [0.1, 0.15) is 12.8 Å². The van der Waals surface area contributed by atoms with E-state index in [-0.39, 0.29) is 0 Å². The summed E-state index contributed by atoms with van der Waals surface area (Å²) in [5.74, 6) is 0. The number of unbranched alkanes of at least 4 members (excludes halogenated alkanes) is 1. The van der Waals surface area contributed by atoms with Crippen molar-refractivity contribution in [3.8, 4) is 0 Å². The normalized spacial score (nSPS) is 11.2. The third-order valence-corrected chi connectivity index (χ3v) is 7.05. The molecule has 0 aliphatic heterocycles. The molecule has 0 saturated heterocycles. The van der Waals surface area contributed by atoms with Gasteiger partial charge in [0, 0.05) is 0 Å². The standard InChI is InChI=1S/C4H8As.Ba/c1-2-3-4-5;/h1-4H2;/q-1;+1. The minimum atomic E-state index is 0.867. The molecule has 0 amide bonds. The Hall–Kier alpha value is 2.13. The van der Waals surface area contributed by atoms with Gasteiger partial charge in [-0.15, -0.1) is 0 Å². The van der Waals surface area contributed by atoms with Crippen LogP contribution >= 0.6 is 0 Å². The van der Waals surface area contributed by atoms with Gasteiger partial charge in [-0.1, -0.05) is 0 Å². The first-order valence-corrected chi connectivity index (χ1v) is 15.1. The van der Waals surface area contributed by atoms with E-state index in [9.17, 15) is 0 Å². The Morgan fingerprint density at radius 1 is 1.67 bits per heavy atom. The van der Waals surface area contributed by atoms with Crippen LogP contribution in [0.25, 0.3) is 0 Å². The van der Waals surface area contributed by atoms with E-state index in [4.69, 9.17) is 0 Å². The molecule has 0 aromatic carbocycles. The van der Waals surface area contributed by atoms with Crippen LogP contribution in [0.15, 0.2) is 0 Å². The molecule has 0 unspecified atom stereocenters. The third kappa shape index (κ3) is 6.13. The summed E-state index contributed by atoms with van der Waals surface area (Å²) in [6.45, 7) is 4.63. The number of rotatable bonds is 3. The second kappa shape index (κ2) is 7.13. The Kier molecular flexibility index (Phi) is 9.66. The van der Waals surface area contributed by atoms with Gasteiger partial charge >= 0.3 is 74.4 Å². The van der Waals surface area contributed by atoms with Crippen molar-refractivity contribution in [2.45, 2.75) is 18.1 Å². The van der Waals surface area contributed by atoms with Crippen LogP contribution in [0, 0.1) is 6.92 Å². The van der Waals surface area contributed by atoms with E-state index in [1.807, 2.05) is 0 Å². The SMILES string of the molecule is [CH2-]CCC[As][Ba+]. The Labute approximate surface area is 72.8 Å². The van der Waals surface area contributed by atoms with Crippen molar-refractivity contribution in [3.05, 3.63) is 6.92 Å². The summed E-state index contributed by atoms with van der Waals surface area (Å²) in [5, 5.41) is 1.53. The Balaban J connectivity index is 2.34. The monoisotopic (exact) mass is 269 g/mol. The minimum absolute atomic E-state index is 0.867. The Morgan fingerprint density at radius 3 is 2.50 bits per heavy atom. The van der Waals surface area contributed by atoms with Gasteiger partial charge in [0.15, 0.2) is 0 Å². The van der Waals surface area contributed by atoms with Crippen molar-refractivity contribution < 1.29 is 0 Å². The fourth-order valence-electron chi connectivity index (χ4n) is 0.224. The molecule has 0 atom stereocenters. The van der Waals surface area contributed by atoms with E-state index in [2.05, 4.69) is 6.92 Å². The van der Waals surface area contributed by atoms with Crippen LogP contribution in [0.3, 0.4) is 0 Å². The van der Waals surface area contributed by atoms with Gasteiger partial charge in [0.25, 0.3) is 0 Å². The average molecular weight is 268 g/mol. The molecular weight excluding hydrogens is 260 g/mol. The van der Waals surface area contributed by atoms with Crippen molar-refractivity contribution in [1.29, 1.82) is 0 Å². The van der Waals surface area contributed by atoms with Crippen molar-refractivity contribution in [2.75, 3.05) is 0 Å². The van der Waals surface area contributed by atoms with Crippen molar-refractivity contribution in [1.82, 2.24) is 0 Å². The van der Waals surface area contributed by atoms with E-state index >= 15 is 0 Å². The molecule has 0 heterocycles. The summed E-state index contributed by atoms with van der Waals surface area (Å²) in [7, 11) is 0. The second-order valence-electron chi connectivity index (χ2n) is 1.15. The van der Waals surface area contributed by atoms with E-state index in [0.29, 0.717) is 0 Å². The predicted molar refractivity (Wildman–Crippen MR) is 30.9 cm³/mol. The van der Waals surface area contributed by atoms with E-state index in [1.54, 1.807) is 0 Å². The van der Waals surface area contributed by atoms with Gasteiger partial charge in [0.05, 0.1) is 0 Å². The summed E-state index contributed by atoms with van der Waals surface area (Å²) in [6.07, 6.45) is 2.55. The molecule has 6 heavy (non-hydrogen) atoms. The van der Waals surface area contributed by atoms with Crippen LogP contribution in [-0.4, -0.2) is 49.5 Å². The third-order valence-electron chi connectivity index (χ3n) is 0.566. The van der Waals surface area contributed by atoms with Crippen LogP contribution in [-0.2, 0) is 0 Å². The van der Waals surface area contributed by atoms with Gasteiger partial charge in [-0.25, -0.2) is 0 Å². The Morgan fingerprint density at radius 2 is 2.33 bits per heavy atom. The van der Waals surface area contributed by atoms with Crippen LogP contribution < -0.4 is 0 Å². The molecule has 0 fully saturated rings. The molecule has 0 nitrogen and oxygen atoms in total. The van der Waals surface area contributed by atoms with Crippen LogP contribution in [0.4, 0.5) is 0 Å². The fourth-order valence-corrected chi connectivity index (χ4v) is 4.81. The summed E-state index contributed by atoms with van der Waals surface area (Å²) < 4.78 is 0. The van der Waals surface area contributed by atoms with Gasteiger partial charge in [0.2, 0.25) is 0 Å². The number of hydrogen-bond donors (Lipinski definition) is 0. The molecule has 0 bridgehead atoms. The number of hydrogen-bond acceptors (Lipinski definition) is 0. The molecule has 0 saturated carbocycles. The maximum atomic E-state index is 3.76. The molecule has 0 rings (SSSR count). The first-order valence-electron chi connectivity index (χ1n) is 2.13. The topological polar surface area (TPSA) is 0 Å². The van der Waals surface area contributed by atoms with E-state index in [1.165, 1.54) is 11.6 Å². The average Bonchev–Trinajstić information content (AvgIpc) is 1.61. The Bertz CT molecular complexity index is 19.5. The molecule has 2 heteroatoms. The molecule has 0 aliphatic carbocycles. The van der Waals surface area contributed by atoms with E-state index in [0.717, 1.165) is 55.9 Å². The molecule has 0 aromatic rings. The summed E-state index contributed by atoms with van der Waals surface area (Å²) >= 11 is 1.14. The first kappa shape index (κ1) is 8.13. The molecule has 0 aromatic heterocycles. The molecular formula is C4H8AsBa. The second-order valence-corrected chi connectivity index (χ2v) is 10.3. The van der Waals surface area contributed by atoms with Gasteiger partial charge in [0.1, 0.15) is 0 Å². The zero-order chi connectivity index (χ0) is 4.83. The quantitative estimate of drug-likeness (QED) is 0.404. The van der Waals surface area contributed by atoms with Crippen molar-refractivity contribution in [3.63, 3.8) is 0 Å². The van der Waals surface area contributed by atoms with Crippen molar-refractivity contribution in [2.24, 2.45) is 0 Å². The van der Waals surface area contributed by atoms with E-state index < -0.39 is 0 Å². The summed E-state index contributed by atoms with van der Waals surface area (Å²) in [5.41, 5.74) is 0. The van der Waals surface area contributed by atoms with Gasteiger partial charge in [-0.3, -0.25) is 0 Å². The zero-order valence-corrected chi connectivity index (χ0v) is 10.3. The summed E-state index contributed by atoms with van der Waals surface area (Å²) in [6, 6.07) is 0. The first-order chi connectivity index (χ1) is 2.91. The predicted octanol–water partition coefficient (Wildman–Crippen LogP) is 0.807. The van der Waals surface area contributed by atoms with Gasteiger partial charge in [-0.2, -0.15) is 0 Å². The molecule has 0 spiro atoms. The van der Waals surface area contributed by atoms with Gasteiger partial charge < -0.3 is 0 Å².